The van der Waals surface area contributed by atoms with Gasteiger partial charge < -0.3 is 47.7 Å². The predicted octanol–water partition coefficient (Wildman–Crippen LogP) is 0.165. The summed E-state index contributed by atoms with van der Waals surface area (Å²) in [6.07, 6.45) is 7.82. The number of aliphatic hydroxyl groups excluding tert-OH is 2. The average molecular weight is 887 g/mol. The zero-order chi connectivity index (χ0) is 42.4. The van der Waals surface area contributed by atoms with E-state index in [0.29, 0.717) is 12.8 Å². The average Bonchev–Trinajstić information content (AvgIpc) is 3.24. The summed E-state index contributed by atoms with van der Waals surface area (Å²) in [5.41, 5.74) is -2.88. The van der Waals surface area contributed by atoms with Crippen LogP contribution in [0.1, 0.15) is 104 Å². The molecule has 4 atom stereocenters. The van der Waals surface area contributed by atoms with Gasteiger partial charge in [0.15, 0.2) is 10.5 Å². The van der Waals surface area contributed by atoms with Crippen LogP contribution in [-0.2, 0) is 77.4 Å². The van der Waals surface area contributed by atoms with E-state index in [4.69, 9.17) is 28.4 Å². The van der Waals surface area contributed by atoms with Gasteiger partial charge in [0.1, 0.15) is 59.9 Å². The molecule has 0 aromatic rings. The van der Waals surface area contributed by atoms with Gasteiger partial charge in [0.05, 0.1) is 36.9 Å². The standard InChI is InChI=1S/2C17H28O10S.Ca/c2*1-2-3-4-5-6-7-14(19)25-10-17(9-18)11-26-15(20)8-13(28(22,23)24)16(21)27-12-17;/h2*13,18H,2-12H2,1H3,(H,22,23,24);/q;;+2/p-2. The first-order valence-corrected chi connectivity index (χ1v) is 21.3. The number of cyclic esters (lactones) is 4. The molecule has 57 heavy (non-hydrogen) atoms. The molecule has 2 aliphatic heterocycles. The van der Waals surface area contributed by atoms with E-state index in [1.54, 1.807) is 0 Å². The molecule has 0 spiro atoms. The largest absolute Gasteiger partial charge is 2.00 e. The van der Waals surface area contributed by atoms with Gasteiger partial charge in [-0.15, -0.1) is 0 Å². The topological polar surface area (TPSA) is 313 Å². The third-order valence-electron chi connectivity index (χ3n) is 8.77. The van der Waals surface area contributed by atoms with Crippen LogP contribution in [0.4, 0.5) is 0 Å². The van der Waals surface area contributed by atoms with Gasteiger partial charge in [-0.1, -0.05) is 65.2 Å². The fraction of sp³-hybridized carbons (Fsp3) is 0.824. The quantitative estimate of drug-likeness (QED) is 0.0541. The molecule has 4 unspecified atom stereocenters. The molecule has 20 nitrogen and oxygen atoms in total. The van der Waals surface area contributed by atoms with Gasteiger partial charge in [-0.05, 0) is 12.8 Å². The number of hydrogen-bond donors (Lipinski definition) is 2. The Balaban J connectivity index is 0.00000108. The Hall–Kier alpha value is -2.18. The van der Waals surface area contributed by atoms with Crippen LogP contribution in [-0.4, -0.2) is 173 Å². The minimum absolute atomic E-state index is 0. The van der Waals surface area contributed by atoms with E-state index in [1.807, 2.05) is 0 Å². The Morgan fingerprint density at radius 1 is 0.614 bits per heavy atom. The van der Waals surface area contributed by atoms with Crippen LogP contribution < -0.4 is 0 Å². The predicted molar refractivity (Wildman–Crippen MR) is 194 cm³/mol. The summed E-state index contributed by atoms with van der Waals surface area (Å²) in [7, 11) is -10.2. The molecule has 2 N–H and O–H groups in total. The van der Waals surface area contributed by atoms with E-state index in [2.05, 4.69) is 13.8 Å². The van der Waals surface area contributed by atoms with Crippen molar-refractivity contribution in [1.82, 2.24) is 0 Å². The van der Waals surface area contributed by atoms with Crippen molar-refractivity contribution in [3.63, 3.8) is 0 Å². The van der Waals surface area contributed by atoms with E-state index >= 15 is 0 Å². The molecule has 2 saturated heterocycles. The second kappa shape index (κ2) is 27.6. The fourth-order valence-electron chi connectivity index (χ4n) is 5.01. The molecule has 0 bridgehead atoms. The van der Waals surface area contributed by atoms with E-state index < -0.39 is 143 Å². The van der Waals surface area contributed by atoms with Crippen molar-refractivity contribution < 1.29 is 93.3 Å². The Morgan fingerprint density at radius 3 is 1.23 bits per heavy atom. The number of hydrogen-bond acceptors (Lipinski definition) is 20. The third-order valence-corrected chi connectivity index (χ3v) is 10.9. The maximum Gasteiger partial charge on any atom is 2.00 e. The first-order chi connectivity index (χ1) is 26.3. The molecule has 0 aromatic heterocycles. The van der Waals surface area contributed by atoms with Gasteiger partial charge in [0.2, 0.25) is 0 Å². The molecule has 2 fully saturated rings. The maximum absolute atomic E-state index is 11.9. The van der Waals surface area contributed by atoms with Crippen molar-refractivity contribution >= 4 is 93.8 Å². The molecule has 2 heterocycles. The molecular formula is C34H54CaO20S2. The van der Waals surface area contributed by atoms with Crippen LogP contribution >= 0.6 is 0 Å². The number of unbranched alkanes of at least 4 members (excludes halogenated alkanes) is 8. The van der Waals surface area contributed by atoms with E-state index in [1.165, 1.54) is 0 Å². The Kier molecular flexibility index (Phi) is 26.5. The van der Waals surface area contributed by atoms with Crippen LogP contribution in [0.25, 0.3) is 0 Å². The maximum atomic E-state index is 11.9. The van der Waals surface area contributed by atoms with Gasteiger partial charge in [0.25, 0.3) is 0 Å². The summed E-state index contributed by atoms with van der Waals surface area (Å²) in [6, 6.07) is 0. The molecule has 23 heteroatoms. The second-order valence-corrected chi connectivity index (χ2v) is 17.0. The van der Waals surface area contributed by atoms with E-state index in [9.17, 15) is 64.9 Å². The number of carbonyl (C=O) groups excluding carboxylic acids is 6. The van der Waals surface area contributed by atoms with Crippen LogP contribution in [0.5, 0.6) is 0 Å². The number of rotatable bonds is 20. The molecule has 2 rings (SSSR count). The molecular weight excluding hydrogens is 833 g/mol. The summed E-state index contributed by atoms with van der Waals surface area (Å²) in [5.74, 6) is -6.06. The number of esters is 6. The summed E-state index contributed by atoms with van der Waals surface area (Å²) >= 11 is 0. The summed E-state index contributed by atoms with van der Waals surface area (Å²) in [6.45, 7) is -0.0489. The van der Waals surface area contributed by atoms with Gasteiger partial charge in [-0.2, -0.15) is 0 Å². The smallest absolute Gasteiger partial charge is 0.747 e. The van der Waals surface area contributed by atoms with Crippen LogP contribution in [0.2, 0.25) is 0 Å². The van der Waals surface area contributed by atoms with Crippen molar-refractivity contribution in [1.29, 1.82) is 0 Å². The number of aliphatic hydroxyl groups is 2. The van der Waals surface area contributed by atoms with Gasteiger partial charge in [0, 0.05) is 12.8 Å². The van der Waals surface area contributed by atoms with Crippen LogP contribution in [0.3, 0.4) is 0 Å². The van der Waals surface area contributed by atoms with E-state index in [0.717, 1.165) is 51.4 Å². The summed E-state index contributed by atoms with van der Waals surface area (Å²) < 4.78 is 96.5. The third kappa shape index (κ3) is 21.6. The van der Waals surface area contributed by atoms with Gasteiger partial charge in [-0.3, -0.25) is 28.8 Å². The number of carbonyl (C=O) groups is 6. The van der Waals surface area contributed by atoms with Crippen molar-refractivity contribution in [3.8, 4) is 0 Å². The second-order valence-electron chi connectivity index (χ2n) is 13.9. The normalized spacial score (nSPS) is 23.3. The van der Waals surface area contributed by atoms with Crippen molar-refractivity contribution in [3.05, 3.63) is 0 Å². The number of ether oxygens (including phenoxy) is 6. The van der Waals surface area contributed by atoms with E-state index in [-0.39, 0.29) is 50.6 Å². The molecule has 324 valence electrons. The Labute approximate surface area is 362 Å². The Bertz CT molecular complexity index is 1410. The van der Waals surface area contributed by atoms with Crippen molar-refractivity contribution in [2.45, 2.75) is 114 Å². The van der Waals surface area contributed by atoms with Crippen molar-refractivity contribution in [2.24, 2.45) is 10.8 Å². The van der Waals surface area contributed by atoms with Crippen LogP contribution in [0.15, 0.2) is 0 Å². The Morgan fingerprint density at radius 2 is 0.930 bits per heavy atom. The molecule has 0 radical (unpaired) electrons. The minimum atomic E-state index is -5.12. The minimum Gasteiger partial charge on any atom is -0.747 e. The molecule has 0 saturated carbocycles. The monoisotopic (exact) mass is 886 g/mol. The first kappa shape index (κ1) is 54.8. The summed E-state index contributed by atoms with van der Waals surface area (Å²) in [5, 5.41) is 14.9. The van der Waals surface area contributed by atoms with Crippen LogP contribution in [0, 0.1) is 10.8 Å². The molecule has 0 aromatic carbocycles. The fourth-order valence-corrected chi connectivity index (χ4v) is 6.30. The zero-order valence-corrected chi connectivity index (χ0v) is 36.3. The zero-order valence-electron chi connectivity index (χ0n) is 32.5. The molecule has 0 amide bonds. The van der Waals surface area contributed by atoms with Gasteiger partial charge >= 0.3 is 73.6 Å². The molecule has 0 aliphatic carbocycles. The molecule has 2 aliphatic rings. The SMILES string of the molecule is CCCCCCCC(=O)OCC1(CO)COC(=O)CC(S(=O)(=O)[O-])C(=O)OC1.CCCCCCCC(=O)OCC1(CO)COC(=O)CC(S(=O)(=O)[O-])C(=O)OC1.[Ca+2]. The summed E-state index contributed by atoms with van der Waals surface area (Å²) in [4.78, 5) is 71.0. The first-order valence-electron chi connectivity index (χ1n) is 18.3. The van der Waals surface area contributed by atoms with Gasteiger partial charge in [-0.25, -0.2) is 16.8 Å². The van der Waals surface area contributed by atoms with Crippen molar-refractivity contribution in [2.75, 3.05) is 52.9 Å².